The van der Waals surface area contributed by atoms with Crippen molar-refractivity contribution in [1.82, 2.24) is 20.6 Å². The molecule has 0 aliphatic carbocycles. The number of amides is 1. The summed E-state index contributed by atoms with van der Waals surface area (Å²) in [4.78, 5) is 22.0. The van der Waals surface area contributed by atoms with Crippen LogP contribution in [0.5, 0.6) is 11.5 Å². The van der Waals surface area contributed by atoms with E-state index in [1.54, 1.807) is 26.6 Å². The van der Waals surface area contributed by atoms with E-state index in [1.165, 1.54) is 5.56 Å². The summed E-state index contributed by atoms with van der Waals surface area (Å²) in [5.41, 5.74) is 3.00. The van der Waals surface area contributed by atoms with Gasteiger partial charge in [0.15, 0.2) is 11.5 Å². The highest BCUT2D eigenvalue weighted by atomic mass is 79.9. The van der Waals surface area contributed by atoms with Gasteiger partial charge in [-0.2, -0.15) is 0 Å². The van der Waals surface area contributed by atoms with Crippen LogP contribution >= 0.6 is 31.9 Å². The molecule has 1 aromatic heterocycles. The van der Waals surface area contributed by atoms with E-state index in [-0.39, 0.29) is 11.9 Å². The largest absolute Gasteiger partial charge is 0.493 e. The Morgan fingerprint density at radius 2 is 1.84 bits per heavy atom. The molecule has 2 unspecified atom stereocenters. The van der Waals surface area contributed by atoms with Crippen LogP contribution < -0.4 is 20.1 Å². The number of carbonyl (C=O) groups is 1. The number of nitrogens with one attached hydrogen (secondary N) is 2. The monoisotopic (exact) mass is 630 g/mol. The quantitative estimate of drug-likeness (QED) is 0.314. The predicted octanol–water partition coefficient (Wildman–Crippen LogP) is 5.35. The van der Waals surface area contributed by atoms with Crippen molar-refractivity contribution < 1.29 is 14.3 Å². The normalized spacial score (nSPS) is 16.2. The number of methoxy groups -OCH3 is 2. The molecular formula is C28H32Br2N4O3. The molecule has 3 aromatic rings. The second-order valence-corrected chi connectivity index (χ2v) is 10.9. The van der Waals surface area contributed by atoms with Gasteiger partial charge in [-0.15, -0.1) is 0 Å². The molecule has 0 saturated carbocycles. The van der Waals surface area contributed by atoms with Gasteiger partial charge in [0, 0.05) is 45.8 Å². The van der Waals surface area contributed by atoms with Gasteiger partial charge in [0.1, 0.15) is 5.82 Å². The molecule has 2 heterocycles. The first kappa shape index (κ1) is 27.5. The van der Waals surface area contributed by atoms with Crippen molar-refractivity contribution >= 4 is 37.8 Å². The standard InChI is InChI=1S/C28H32Br2N4O3/c1-36-25-8-6-19(14-26(25)37-2)21-16-32-27(33-17-21)9-10-28(35)34-24(20-4-3-11-31-15-20)13-18-5-7-22(29)23(30)12-18/h5-8,12,14,16-17,20,24,31H,3-4,9-11,13,15H2,1-2H3,(H,34,35). The van der Waals surface area contributed by atoms with E-state index in [0.717, 1.165) is 52.4 Å². The molecule has 2 aromatic carbocycles. The molecular weight excluding hydrogens is 600 g/mol. The first-order chi connectivity index (χ1) is 18.0. The Balaban J connectivity index is 1.37. The fourth-order valence-corrected chi connectivity index (χ4v) is 5.30. The van der Waals surface area contributed by atoms with Crippen molar-refractivity contribution in [2.24, 2.45) is 5.92 Å². The maximum Gasteiger partial charge on any atom is 0.220 e. The van der Waals surface area contributed by atoms with Crippen LogP contribution in [0.15, 0.2) is 57.7 Å². The summed E-state index contributed by atoms with van der Waals surface area (Å²) < 4.78 is 12.7. The third-order valence-corrected chi connectivity index (χ3v) is 8.57. The Bertz CT molecular complexity index is 1200. The molecule has 1 aliphatic rings. The number of piperidine rings is 1. The van der Waals surface area contributed by atoms with Crippen molar-refractivity contribution in [3.8, 4) is 22.6 Å². The molecule has 1 saturated heterocycles. The van der Waals surface area contributed by atoms with Gasteiger partial charge < -0.3 is 20.1 Å². The average Bonchev–Trinajstić information content (AvgIpc) is 2.94. The zero-order valence-electron chi connectivity index (χ0n) is 21.1. The molecule has 1 aliphatic heterocycles. The SMILES string of the molecule is COc1ccc(-c2cnc(CCC(=O)NC(Cc3ccc(Br)c(Br)c3)C3CCCNC3)nc2)cc1OC. The van der Waals surface area contributed by atoms with Crippen LogP contribution in [0.25, 0.3) is 11.1 Å². The van der Waals surface area contributed by atoms with Crippen molar-refractivity contribution in [3.05, 3.63) is 69.1 Å². The summed E-state index contributed by atoms with van der Waals surface area (Å²) in [6, 6.07) is 12.0. The molecule has 2 atom stereocenters. The molecule has 1 fully saturated rings. The van der Waals surface area contributed by atoms with Crippen molar-refractivity contribution in [2.75, 3.05) is 27.3 Å². The Kier molecular flexibility index (Phi) is 9.94. The first-order valence-corrected chi connectivity index (χ1v) is 14.0. The Morgan fingerprint density at radius 1 is 1.05 bits per heavy atom. The van der Waals surface area contributed by atoms with Gasteiger partial charge in [0.2, 0.25) is 5.91 Å². The minimum absolute atomic E-state index is 0.0271. The molecule has 9 heteroatoms. The molecule has 2 N–H and O–H groups in total. The number of halogens is 2. The summed E-state index contributed by atoms with van der Waals surface area (Å²) in [7, 11) is 3.22. The number of rotatable bonds is 10. The fraction of sp³-hybridized carbons (Fsp3) is 0.393. The Hall–Kier alpha value is -2.49. The summed E-state index contributed by atoms with van der Waals surface area (Å²) in [5.74, 6) is 2.40. The molecule has 4 rings (SSSR count). The molecule has 1 amide bonds. The van der Waals surface area contributed by atoms with Crippen LogP contribution in [0.3, 0.4) is 0 Å². The van der Waals surface area contributed by atoms with Crippen LogP contribution in [0.4, 0.5) is 0 Å². The smallest absolute Gasteiger partial charge is 0.220 e. The lowest BCUT2D eigenvalue weighted by Crippen LogP contribution is -2.47. The highest BCUT2D eigenvalue weighted by Gasteiger charge is 2.25. The average molecular weight is 632 g/mol. The van der Waals surface area contributed by atoms with E-state index in [9.17, 15) is 4.79 Å². The van der Waals surface area contributed by atoms with Crippen LogP contribution in [-0.2, 0) is 17.6 Å². The molecule has 37 heavy (non-hydrogen) atoms. The summed E-state index contributed by atoms with van der Waals surface area (Å²) in [5, 5.41) is 6.80. The van der Waals surface area contributed by atoms with Gasteiger partial charge in [-0.25, -0.2) is 9.97 Å². The minimum Gasteiger partial charge on any atom is -0.493 e. The molecule has 0 spiro atoms. The molecule has 7 nitrogen and oxygen atoms in total. The third-order valence-electron chi connectivity index (χ3n) is 6.69. The Labute approximate surface area is 235 Å². The second-order valence-electron chi connectivity index (χ2n) is 9.19. The summed E-state index contributed by atoms with van der Waals surface area (Å²) >= 11 is 7.13. The van der Waals surface area contributed by atoms with Gasteiger partial charge in [0.25, 0.3) is 0 Å². The van der Waals surface area contributed by atoms with Crippen molar-refractivity contribution in [2.45, 2.75) is 38.1 Å². The zero-order valence-corrected chi connectivity index (χ0v) is 24.3. The predicted molar refractivity (Wildman–Crippen MR) is 152 cm³/mol. The number of aromatic nitrogens is 2. The van der Waals surface area contributed by atoms with E-state index in [2.05, 4.69) is 64.6 Å². The van der Waals surface area contributed by atoms with Crippen LogP contribution in [0.2, 0.25) is 0 Å². The Morgan fingerprint density at radius 3 is 2.51 bits per heavy atom. The maximum atomic E-state index is 13.0. The van der Waals surface area contributed by atoms with E-state index in [0.29, 0.717) is 36.1 Å². The number of benzene rings is 2. The topological polar surface area (TPSA) is 85.4 Å². The number of carbonyl (C=O) groups excluding carboxylic acids is 1. The van der Waals surface area contributed by atoms with Crippen LogP contribution in [0, 0.1) is 5.92 Å². The van der Waals surface area contributed by atoms with E-state index >= 15 is 0 Å². The van der Waals surface area contributed by atoms with Crippen molar-refractivity contribution in [3.63, 3.8) is 0 Å². The summed E-state index contributed by atoms with van der Waals surface area (Å²) in [6.45, 7) is 1.96. The fourth-order valence-electron chi connectivity index (χ4n) is 4.63. The van der Waals surface area contributed by atoms with Gasteiger partial charge in [0.05, 0.1) is 14.2 Å². The third kappa shape index (κ3) is 7.52. The van der Waals surface area contributed by atoms with Crippen LogP contribution in [-0.4, -0.2) is 49.2 Å². The maximum absolute atomic E-state index is 13.0. The zero-order chi connectivity index (χ0) is 26.2. The lowest BCUT2D eigenvalue weighted by Gasteiger charge is -2.31. The number of ether oxygens (including phenoxy) is 2. The van der Waals surface area contributed by atoms with Crippen LogP contribution in [0.1, 0.15) is 30.7 Å². The summed E-state index contributed by atoms with van der Waals surface area (Å²) in [6.07, 6.45) is 7.42. The highest BCUT2D eigenvalue weighted by molar-refractivity contribution is 9.13. The van der Waals surface area contributed by atoms with Gasteiger partial charge in [-0.05, 0) is 106 Å². The van der Waals surface area contributed by atoms with E-state index < -0.39 is 0 Å². The lowest BCUT2D eigenvalue weighted by atomic mass is 9.87. The minimum atomic E-state index is 0.0271. The molecule has 0 bridgehead atoms. The number of hydrogen-bond acceptors (Lipinski definition) is 6. The van der Waals surface area contributed by atoms with E-state index in [4.69, 9.17) is 9.47 Å². The van der Waals surface area contributed by atoms with Crippen molar-refractivity contribution in [1.29, 1.82) is 0 Å². The van der Waals surface area contributed by atoms with Gasteiger partial charge >= 0.3 is 0 Å². The first-order valence-electron chi connectivity index (χ1n) is 12.4. The number of hydrogen-bond donors (Lipinski definition) is 2. The lowest BCUT2D eigenvalue weighted by molar-refractivity contribution is -0.122. The molecule has 196 valence electrons. The number of aryl methyl sites for hydroxylation is 1. The molecule has 0 radical (unpaired) electrons. The highest BCUT2D eigenvalue weighted by Crippen LogP contribution is 2.32. The number of nitrogens with zero attached hydrogens (tertiary/aromatic N) is 2. The second kappa shape index (κ2) is 13.3. The van der Waals surface area contributed by atoms with Gasteiger partial charge in [-0.1, -0.05) is 12.1 Å². The van der Waals surface area contributed by atoms with E-state index in [1.807, 2.05) is 24.3 Å². The van der Waals surface area contributed by atoms with Gasteiger partial charge in [-0.3, -0.25) is 4.79 Å².